The normalized spacial score (nSPS) is 15.3. The Morgan fingerprint density at radius 1 is 0.526 bits per heavy atom. The van der Waals surface area contributed by atoms with Crippen molar-refractivity contribution in [3.05, 3.63) is 130 Å². The highest BCUT2D eigenvalue weighted by molar-refractivity contribution is 7.12. The van der Waals surface area contributed by atoms with Crippen LogP contribution in [0.1, 0.15) is 99.6 Å². The van der Waals surface area contributed by atoms with Gasteiger partial charge in [0, 0.05) is 5.54 Å². The second kappa shape index (κ2) is 10.5. The Morgan fingerprint density at radius 3 is 1.37 bits per heavy atom. The van der Waals surface area contributed by atoms with Crippen LogP contribution < -0.4 is 15.6 Å². The Balaban J connectivity index is 1.95. The van der Waals surface area contributed by atoms with Crippen molar-refractivity contribution in [2.75, 3.05) is 0 Å². The van der Waals surface area contributed by atoms with E-state index < -0.39 is 8.07 Å². The Bertz CT molecular complexity index is 1340. The largest absolute Gasteiger partial charge is 0.159 e. The SMILES string of the molecule is CC1=Cc2ccccc2C1[Si](c1cccc(C(C)C)c1)(c1cccc(C(C)C)c1)c1cccc(C(C)C)c1. The minimum atomic E-state index is -2.61. The van der Waals surface area contributed by atoms with Crippen LogP contribution in [-0.2, 0) is 0 Å². The van der Waals surface area contributed by atoms with E-state index in [1.807, 2.05) is 0 Å². The van der Waals surface area contributed by atoms with Gasteiger partial charge in [0.1, 0.15) is 0 Å². The van der Waals surface area contributed by atoms with Gasteiger partial charge in [-0.25, -0.2) is 0 Å². The van der Waals surface area contributed by atoms with E-state index in [9.17, 15) is 0 Å². The van der Waals surface area contributed by atoms with Crippen LogP contribution in [-0.4, -0.2) is 8.07 Å². The lowest BCUT2D eigenvalue weighted by molar-refractivity contribution is 0.866. The van der Waals surface area contributed by atoms with Crippen molar-refractivity contribution in [1.82, 2.24) is 0 Å². The lowest BCUT2D eigenvalue weighted by Crippen LogP contribution is -2.71. The van der Waals surface area contributed by atoms with Crippen LogP contribution in [0.2, 0.25) is 0 Å². The second-order valence-corrected chi connectivity index (χ2v) is 16.0. The first kappa shape index (κ1) is 26.4. The molecule has 0 radical (unpaired) electrons. The molecule has 4 aromatic carbocycles. The predicted octanol–water partition coefficient (Wildman–Crippen LogP) is 8.27. The number of benzene rings is 4. The van der Waals surface area contributed by atoms with Gasteiger partial charge < -0.3 is 0 Å². The molecule has 1 atom stereocenters. The van der Waals surface area contributed by atoms with E-state index in [4.69, 9.17) is 0 Å². The second-order valence-electron chi connectivity index (χ2n) is 12.1. The molecule has 4 aromatic rings. The number of hydrogen-bond acceptors (Lipinski definition) is 0. The molecule has 1 aliphatic rings. The highest BCUT2D eigenvalue weighted by Crippen LogP contribution is 2.42. The summed E-state index contributed by atoms with van der Waals surface area (Å²) in [5.41, 5.74) is 8.96. The van der Waals surface area contributed by atoms with Gasteiger partial charge in [-0.2, -0.15) is 0 Å². The van der Waals surface area contributed by atoms with Crippen molar-refractivity contribution in [1.29, 1.82) is 0 Å². The monoisotopic (exact) mass is 514 g/mol. The lowest BCUT2D eigenvalue weighted by Gasteiger charge is -2.41. The van der Waals surface area contributed by atoms with Gasteiger partial charge in [-0.3, -0.25) is 0 Å². The van der Waals surface area contributed by atoms with Gasteiger partial charge in [-0.05, 0) is 68.1 Å². The number of rotatable bonds is 7. The molecule has 38 heavy (non-hydrogen) atoms. The molecule has 1 aliphatic carbocycles. The predicted molar refractivity (Wildman–Crippen MR) is 169 cm³/mol. The molecule has 194 valence electrons. The van der Waals surface area contributed by atoms with Crippen LogP contribution >= 0.6 is 0 Å². The molecular formula is C37H42Si. The molecule has 0 fully saturated rings. The van der Waals surface area contributed by atoms with Crippen LogP contribution in [0.5, 0.6) is 0 Å². The molecule has 0 amide bonds. The summed E-state index contributed by atoms with van der Waals surface area (Å²) in [6, 6.07) is 38.0. The summed E-state index contributed by atoms with van der Waals surface area (Å²) >= 11 is 0. The van der Waals surface area contributed by atoms with Crippen molar-refractivity contribution in [3.8, 4) is 0 Å². The first-order chi connectivity index (χ1) is 18.2. The summed E-state index contributed by atoms with van der Waals surface area (Å²) in [7, 11) is -2.61. The third-order valence-electron chi connectivity index (χ3n) is 8.60. The lowest BCUT2D eigenvalue weighted by atomic mass is 10.0. The average Bonchev–Trinajstić information content (AvgIpc) is 3.26. The van der Waals surface area contributed by atoms with Crippen molar-refractivity contribution >= 4 is 29.7 Å². The summed E-state index contributed by atoms with van der Waals surface area (Å²) in [6.07, 6.45) is 2.45. The zero-order valence-electron chi connectivity index (χ0n) is 24.1. The zero-order chi connectivity index (χ0) is 27.0. The summed E-state index contributed by atoms with van der Waals surface area (Å²) in [5.74, 6) is 1.45. The molecule has 0 aromatic heterocycles. The van der Waals surface area contributed by atoms with Crippen molar-refractivity contribution in [3.63, 3.8) is 0 Å². The minimum absolute atomic E-state index is 0.339. The molecule has 0 N–H and O–H groups in total. The molecule has 0 heterocycles. The molecule has 0 spiro atoms. The van der Waals surface area contributed by atoms with Crippen molar-refractivity contribution in [2.24, 2.45) is 0 Å². The van der Waals surface area contributed by atoms with E-state index in [1.54, 1.807) is 0 Å². The molecule has 1 heteroatoms. The molecule has 0 bridgehead atoms. The van der Waals surface area contributed by atoms with Crippen LogP contribution in [0.15, 0.2) is 103 Å². The number of allylic oxidation sites excluding steroid dienone is 1. The molecule has 5 rings (SSSR count). The first-order valence-electron chi connectivity index (χ1n) is 14.3. The quantitative estimate of drug-likeness (QED) is 0.172. The van der Waals surface area contributed by atoms with E-state index >= 15 is 0 Å². The van der Waals surface area contributed by atoms with Crippen LogP contribution in [0.4, 0.5) is 0 Å². The van der Waals surface area contributed by atoms with Crippen molar-refractivity contribution < 1.29 is 0 Å². The van der Waals surface area contributed by atoms with E-state index in [0.717, 1.165) is 0 Å². The Morgan fingerprint density at radius 2 is 0.947 bits per heavy atom. The fraction of sp³-hybridized carbons (Fsp3) is 0.297. The molecule has 0 saturated carbocycles. The van der Waals surface area contributed by atoms with Gasteiger partial charge in [0.15, 0.2) is 8.07 Å². The highest BCUT2D eigenvalue weighted by atomic mass is 28.3. The fourth-order valence-electron chi connectivity index (χ4n) is 6.48. The van der Waals surface area contributed by atoms with Crippen LogP contribution in [0, 0.1) is 0 Å². The van der Waals surface area contributed by atoms with Gasteiger partial charge in [-0.15, -0.1) is 0 Å². The van der Waals surface area contributed by atoms with E-state index in [1.165, 1.54) is 49.0 Å². The van der Waals surface area contributed by atoms with Gasteiger partial charge in [0.05, 0.1) is 0 Å². The molecule has 0 nitrogen and oxygen atoms in total. The van der Waals surface area contributed by atoms with E-state index in [0.29, 0.717) is 23.3 Å². The first-order valence-corrected chi connectivity index (χ1v) is 16.4. The smallest absolute Gasteiger partial charge is 0.0669 e. The summed E-state index contributed by atoms with van der Waals surface area (Å²) in [5, 5.41) is 4.54. The maximum absolute atomic E-state index is 2.61. The third kappa shape index (κ3) is 4.52. The highest BCUT2D eigenvalue weighted by Gasteiger charge is 2.50. The maximum atomic E-state index is 2.55. The molecule has 1 unspecified atom stereocenters. The molecule has 0 aliphatic heterocycles. The number of hydrogen-bond donors (Lipinski definition) is 0. The van der Waals surface area contributed by atoms with Crippen LogP contribution in [0.25, 0.3) is 6.08 Å². The van der Waals surface area contributed by atoms with E-state index in [-0.39, 0.29) is 0 Å². The third-order valence-corrected chi connectivity index (χ3v) is 13.9. The number of fused-ring (bicyclic) bond motifs is 1. The topological polar surface area (TPSA) is 0 Å². The van der Waals surface area contributed by atoms with Gasteiger partial charge in [0.25, 0.3) is 0 Å². The summed E-state index contributed by atoms with van der Waals surface area (Å²) < 4.78 is 0. The van der Waals surface area contributed by atoms with Gasteiger partial charge in [-0.1, -0.05) is 150 Å². The summed E-state index contributed by atoms with van der Waals surface area (Å²) in [4.78, 5) is 0. The fourth-order valence-corrected chi connectivity index (χ4v) is 12.2. The average molecular weight is 515 g/mol. The van der Waals surface area contributed by atoms with Crippen molar-refractivity contribution in [2.45, 2.75) is 71.8 Å². The Hall–Kier alpha value is -3.16. The van der Waals surface area contributed by atoms with E-state index in [2.05, 4.69) is 152 Å². The van der Waals surface area contributed by atoms with Crippen LogP contribution in [0.3, 0.4) is 0 Å². The molecule has 0 saturated heterocycles. The zero-order valence-corrected chi connectivity index (χ0v) is 25.1. The standard InChI is InChI=1S/C37H42Si/c1-25(2)29-14-10-17-33(22-29)38(34-18-11-15-30(23-34)26(3)4,35-19-12-16-31(24-35)27(5)6)37-28(7)21-32-13-8-9-20-36(32)37/h8-27,37H,1-7H3. The maximum Gasteiger partial charge on any atom is 0.159 e. The van der Waals surface area contributed by atoms with Gasteiger partial charge >= 0.3 is 0 Å². The van der Waals surface area contributed by atoms with Gasteiger partial charge in [0.2, 0.25) is 0 Å². The molecular weight excluding hydrogens is 472 g/mol. The Kier molecular flexibility index (Phi) is 7.33. The summed E-state index contributed by atoms with van der Waals surface area (Å²) in [6.45, 7) is 16.3. The Labute approximate surface area is 231 Å². The minimum Gasteiger partial charge on any atom is -0.0669 e.